The van der Waals surface area contributed by atoms with E-state index in [1.807, 2.05) is 12.1 Å². The lowest BCUT2D eigenvalue weighted by Crippen LogP contribution is -1.91. The molecular formula is C42H26O. The summed E-state index contributed by atoms with van der Waals surface area (Å²) >= 11 is 0. The second kappa shape index (κ2) is 9.44. The summed E-state index contributed by atoms with van der Waals surface area (Å²) in [5.41, 5.74) is -2.89. The number of rotatable bonds is 3. The molecule has 0 fully saturated rings. The molecule has 1 heterocycles. The Morgan fingerprint density at radius 2 is 0.930 bits per heavy atom. The molecule has 1 nitrogen and oxygen atoms in total. The van der Waals surface area contributed by atoms with Crippen molar-refractivity contribution in [2.24, 2.45) is 0 Å². The van der Waals surface area contributed by atoms with Gasteiger partial charge in [0.15, 0.2) is 0 Å². The lowest BCUT2D eigenvalue weighted by molar-refractivity contribution is 0.669. The van der Waals surface area contributed by atoms with Gasteiger partial charge < -0.3 is 4.42 Å². The van der Waals surface area contributed by atoms with E-state index in [1.54, 1.807) is 30.3 Å². The van der Waals surface area contributed by atoms with Gasteiger partial charge in [0.2, 0.25) is 0 Å². The maximum atomic E-state index is 9.59. The van der Waals surface area contributed by atoms with Crippen LogP contribution >= 0.6 is 0 Å². The lowest BCUT2D eigenvalue weighted by Gasteiger charge is -2.18. The van der Waals surface area contributed by atoms with Crippen molar-refractivity contribution < 1.29 is 30.5 Å². The molecule has 0 aliphatic carbocycles. The van der Waals surface area contributed by atoms with Gasteiger partial charge >= 0.3 is 0 Å². The van der Waals surface area contributed by atoms with Crippen LogP contribution in [0.2, 0.25) is 0 Å². The topological polar surface area (TPSA) is 13.1 Å². The standard InChI is InChI=1S/C42H26O/c1-2-12-31-27(10-1)11-9-18-32(31)28-20-22-29(23-21-28)41-34-14-3-5-16-36(34)42(37-17-6-4-15-35(37)41)30-24-25-40-38(26-30)33-13-7-8-19-39(33)43-40/h1-26H/i3D,4D,5D,6D,7D,8D,13D,14D,15D,16D,17D,19D,20D,21D,22D,23D,24D,25D,26D. The largest absolute Gasteiger partial charge is 0.456 e. The summed E-state index contributed by atoms with van der Waals surface area (Å²) in [6.45, 7) is 0. The van der Waals surface area contributed by atoms with Crippen LogP contribution in [0.3, 0.4) is 0 Å². The van der Waals surface area contributed by atoms with E-state index in [4.69, 9.17) is 16.8 Å². The summed E-state index contributed by atoms with van der Waals surface area (Å²) < 4.78 is 177. The highest BCUT2D eigenvalue weighted by molar-refractivity contribution is 6.22. The SMILES string of the molecule is [2H]c1c([2H])c(-c2c3c([2H])c([2H])c([2H])c([2H])c3c(-c3c([2H])c([2H])c4oc5c([2H])c([2H])c([2H])c([2H])c5c4c3[2H])c3c([2H])c([2H])c([2H])c([2H])c23)c([2H])c([2H])c1-c1cccc2ccccc12. The van der Waals surface area contributed by atoms with Crippen LogP contribution < -0.4 is 0 Å². The number of furan rings is 1. The van der Waals surface area contributed by atoms with E-state index in [0.29, 0.717) is 10.9 Å². The number of para-hydroxylation sites is 1. The third-order valence-electron chi connectivity index (χ3n) is 7.44. The summed E-state index contributed by atoms with van der Waals surface area (Å²) in [5, 5.41) is -1.53. The first-order valence-electron chi connectivity index (χ1n) is 22.7. The second-order valence-electron chi connectivity index (χ2n) is 9.79. The Kier molecular flexibility index (Phi) is 2.61. The molecule has 8 aromatic carbocycles. The van der Waals surface area contributed by atoms with Crippen molar-refractivity contribution in [2.75, 3.05) is 0 Å². The maximum absolute atomic E-state index is 9.59. The van der Waals surface area contributed by atoms with Crippen molar-refractivity contribution in [3.8, 4) is 33.4 Å². The molecule has 0 radical (unpaired) electrons. The molecule has 0 saturated heterocycles. The van der Waals surface area contributed by atoms with E-state index in [2.05, 4.69) is 0 Å². The number of fused-ring (bicyclic) bond motifs is 6. The predicted molar refractivity (Wildman–Crippen MR) is 183 cm³/mol. The molecule has 1 heteroatoms. The van der Waals surface area contributed by atoms with E-state index in [0.717, 1.165) is 5.39 Å². The molecule has 0 bridgehead atoms. The van der Waals surface area contributed by atoms with Gasteiger partial charge in [-0.15, -0.1) is 0 Å². The molecule has 0 saturated carbocycles. The Bertz CT molecular complexity index is 3460. The van der Waals surface area contributed by atoms with Crippen LogP contribution in [0.15, 0.2) is 162 Å². The van der Waals surface area contributed by atoms with E-state index >= 15 is 0 Å². The maximum Gasteiger partial charge on any atom is 0.135 e. The van der Waals surface area contributed by atoms with E-state index in [1.165, 1.54) is 0 Å². The molecule has 0 N–H and O–H groups in total. The zero-order chi connectivity index (χ0) is 44.9. The van der Waals surface area contributed by atoms with Crippen molar-refractivity contribution in [3.05, 3.63) is 157 Å². The zero-order valence-electron chi connectivity index (χ0n) is 40.9. The van der Waals surface area contributed by atoms with Crippen molar-refractivity contribution in [2.45, 2.75) is 0 Å². The van der Waals surface area contributed by atoms with Gasteiger partial charge in [0.1, 0.15) is 11.2 Å². The molecule has 0 amide bonds. The summed E-state index contributed by atoms with van der Waals surface area (Å²) in [5.74, 6) is 0. The van der Waals surface area contributed by atoms with Crippen LogP contribution in [-0.4, -0.2) is 0 Å². The zero-order valence-corrected chi connectivity index (χ0v) is 21.9. The van der Waals surface area contributed by atoms with Crippen LogP contribution in [0.4, 0.5) is 0 Å². The van der Waals surface area contributed by atoms with Crippen molar-refractivity contribution in [1.29, 1.82) is 0 Å². The number of benzene rings is 8. The Morgan fingerprint density at radius 1 is 0.395 bits per heavy atom. The summed E-state index contributed by atoms with van der Waals surface area (Å²) in [6, 6.07) is -2.02. The molecule has 0 spiro atoms. The van der Waals surface area contributed by atoms with E-state index in [-0.39, 0.29) is 16.3 Å². The summed E-state index contributed by atoms with van der Waals surface area (Å²) in [6.07, 6.45) is 0. The third kappa shape index (κ3) is 3.72. The number of hydrogen-bond donors (Lipinski definition) is 0. The van der Waals surface area contributed by atoms with Crippen LogP contribution in [0.25, 0.3) is 87.6 Å². The minimum atomic E-state index is -0.853. The monoisotopic (exact) mass is 565 g/mol. The van der Waals surface area contributed by atoms with Crippen molar-refractivity contribution in [3.63, 3.8) is 0 Å². The fourth-order valence-corrected chi connectivity index (χ4v) is 5.57. The summed E-state index contributed by atoms with van der Waals surface area (Å²) in [7, 11) is 0. The van der Waals surface area contributed by atoms with Gasteiger partial charge in [0.05, 0.1) is 26.0 Å². The van der Waals surface area contributed by atoms with Crippen LogP contribution in [-0.2, 0) is 0 Å². The highest BCUT2D eigenvalue weighted by atomic mass is 16.3. The minimum Gasteiger partial charge on any atom is -0.456 e. The molecular weight excluding hydrogens is 520 g/mol. The Hall–Kier alpha value is -5.66. The first kappa shape index (κ1) is 11.9. The van der Waals surface area contributed by atoms with E-state index in [9.17, 15) is 13.7 Å². The van der Waals surface area contributed by atoms with Gasteiger partial charge in [0.25, 0.3) is 0 Å². The fraction of sp³-hybridized carbons (Fsp3) is 0. The highest BCUT2D eigenvalue weighted by Gasteiger charge is 2.18. The van der Waals surface area contributed by atoms with Gasteiger partial charge in [-0.3, -0.25) is 0 Å². The van der Waals surface area contributed by atoms with Crippen LogP contribution in [0.5, 0.6) is 0 Å². The van der Waals surface area contributed by atoms with Crippen LogP contribution in [0, 0.1) is 0 Å². The molecule has 0 atom stereocenters. The van der Waals surface area contributed by atoms with Crippen LogP contribution in [0.1, 0.15) is 26.0 Å². The third-order valence-corrected chi connectivity index (χ3v) is 7.44. The van der Waals surface area contributed by atoms with Crippen molar-refractivity contribution in [1.82, 2.24) is 0 Å². The van der Waals surface area contributed by atoms with E-state index < -0.39 is 170 Å². The average molecular weight is 566 g/mol. The smallest absolute Gasteiger partial charge is 0.135 e. The molecule has 0 aliphatic rings. The summed E-state index contributed by atoms with van der Waals surface area (Å²) in [4.78, 5) is 0. The molecule has 0 unspecified atom stereocenters. The quantitative estimate of drug-likeness (QED) is 0.194. The molecule has 9 aromatic rings. The normalized spacial score (nSPS) is 17.9. The van der Waals surface area contributed by atoms with Gasteiger partial charge in [0, 0.05) is 10.8 Å². The Morgan fingerprint density at radius 3 is 1.65 bits per heavy atom. The molecule has 43 heavy (non-hydrogen) atoms. The molecule has 200 valence electrons. The number of hydrogen-bond acceptors (Lipinski definition) is 1. The fourth-order valence-electron chi connectivity index (χ4n) is 5.57. The molecule has 9 rings (SSSR count). The highest BCUT2D eigenvalue weighted by Crippen LogP contribution is 2.45. The predicted octanol–water partition coefficient (Wildman–Crippen LogP) is 12.0. The molecule has 0 aliphatic heterocycles. The van der Waals surface area contributed by atoms with Crippen molar-refractivity contribution >= 4 is 54.3 Å². The second-order valence-corrected chi connectivity index (χ2v) is 9.79. The van der Waals surface area contributed by atoms with Gasteiger partial charge in [-0.05, 0) is 83.8 Å². The first-order chi connectivity index (χ1) is 29.3. The Labute approximate surface area is 275 Å². The molecule has 1 aromatic heterocycles. The average Bonchev–Trinajstić information content (AvgIpc) is 3.67. The minimum absolute atomic E-state index is 0.103. The lowest BCUT2D eigenvalue weighted by atomic mass is 9.85. The van der Waals surface area contributed by atoms with Gasteiger partial charge in [-0.25, -0.2) is 0 Å². The van der Waals surface area contributed by atoms with Gasteiger partial charge in [-0.1, -0.05) is 139 Å². The van der Waals surface area contributed by atoms with Gasteiger partial charge in [-0.2, -0.15) is 0 Å². The first-order valence-corrected chi connectivity index (χ1v) is 13.2. The Balaban J connectivity index is 1.56.